The van der Waals surface area contributed by atoms with Crippen LogP contribution < -0.4 is 5.32 Å². The van der Waals surface area contributed by atoms with Crippen molar-refractivity contribution in [3.63, 3.8) is 0 Å². The van der Waals surface area contributed by atoms with Crippen molar-refractivity contribution in [1.29, 1.82) is 0 Å². The molecule has 4 N–H and O–H groups in total. The minimum absolute atomic E-state index is 0.0964. The molecule has 2 aromatic rings. The lowest BCUT2D eigenvalue weighted by atomic mass is 10.1. The fraction of sp³-hybridized carbons (Fsp3) is 0.0714. The quantitative estimate of drug-likeness (QED) is 0.651. The standard InChI is InChI=1S/C14H12ClNO4/c15-9-1-3-12(17)8(5-9)7-16-10-2-4-13(18)11(6-10)14(19)20/h1-6,16-18H,7H2,(H,19,20). The SMILES string of the molecule is O=C(O)c1cc(NCc2cc(Cl)ccc2O)ccc1O. The molecule has 20 heavy (non-hydrogen) atoms. The topological polar surface area (TPSA) is 89.8 Å². The summed E-state index contributed by atoms with van der Waals surface area (Å²) in [4.78, 5) is 10.9. The summed E-state index contributed by atoms with van der Waals surface area (Å²) in [5, 5.41) is 31.4. The second kappa shape index (κ2) is 5.71. The summed E-state index contributed by atoms with van der Waals surface area (Å²) < 4.78 is 0. The molecule has 2 aromatic carbocycles. The molecule has 0 amide bonds. The fourth-order valence-electron chi connectivity index (χ4n) is 1.71. The van der Waals surface area contributed by atoms with Crippen LogP contribution in [0.5, 0.6) is 11.5 Å². The molecule has 0 spiro atoms. The molecule has 0 bridgehead atoms. The van der Waals surface area contributed by atoms with Gasteiger partial charge in [-0.3, -0.25) is 0 Å². The van der Waals surface area contributed by atoms with Gasteiger partial charge in [-0.2, -0.15) is 0 Å². The first-order chi connectivity index (χ1) is 9.47. The first kappa shape index (κ1) is 14.0. The maximum atomic E-state index is 10.9. The molecule has 0 aliphatic heterocycles. The van der Waals surface area contributed by atoms with Crippen LogP contribution in [0, 0.1) is 0 Å². The van der Waals surface area contributed by atoms with Gasteiger partial charge in [-0.15, -0.1) is 0 Å². The number of phenols is 2. The zero-order valence-electron chi connectivity index (χ0n) is 10.3. The molecule has 5 nitrogen and oxygen atoms in total. The van der Waals surface area contributed by atoms with Crippen molar-refractivity contribution in [3.05, 3.63) is 52.5 Å². The Morgan fingerprint density at radius 2 is 1.80 bits per heavy atom. The lowest BCUT2D eigenvalue weighted by molar-refractivity contribution is 0.0694. The van der Waals surface area contributed by atoms with Crippen molar-refractivity contribution in [2.75, 3.05) is 5.32 Å². The third-order valence-corrected chi connectivity index (χ3v) is 2.99. The van der Waals surface area contributed by atoms with E-state index < -0.39 is 5.97 Å². The number of carboxylic acid groups (broad SMARTS) is 1. The van der Waals surface area contributed by atoms with E-state index in [1.165, 1.54) is 18.2 Å². The van der Waals surface area contributed by atoms with Crippen LogP contribution in [-0.2, 0) is 6.54 Å². The van der Waals surface area contributed by atoms with Crippen molar-refractivity contribution >= 4 is 23.3 Å². The maximum Gasteiger partial charge on any atom is 0.339 e. The number of aromatic carboxylic acids is 1. The monoisotopic (exact) mass is 293 g/mol. The van der Waals surface area contributed by atoms with Crippen LogP contribution in [0.2, 0.25) is 5.02 Å². The molecule has 6 heteroatoms. The van der Waals surface area contributed by atoms with Crippen molar-refractivity contribution in [3.8, 4) is 11.5 Å². The van der Waals surface area contributed by atoms with E-state index in [2.05, 4.69) is 5.32 Å². The Labute approximate surface area is 120 Å². The van der Waals surface area contributed by atoms with Crippen LogP contribution in [-0.4, -0.2) is 21.3 Å². The third kappa shape index (κ3) is 3.13. The molecule has 0 aliphatic rings. The zero-order chi connectivity index (χ0) is 14.7. The van der Waals surface area contributed by atoms with Crippen LogP contribution in [0.1, 0.15) is 15.9 Å². The predicted molar refractivity (Wildman–Crippen MR) is 75.5 cm³/mol. The molecule has 0 heterocycles. The number of carboxylic acids is 1. The maximum absolute atomic E-state index is 10.9. The molecule has 0 saturated heterocycles. The number of aromatic hydroxyl groups is 2. The van der Waals surface area contributed by atoms with Crippen LogP contribution in [0.25, 0.3) is 0 Å². The minimum Gasteiger partial charge on any atom is -0.508 e. The summed E-state index contributed by atoms with van der Waals surface area (Å²) in [6.07, 6.45) is 0. The van der Waals surface area contributed by atoms with Gasteiger partial charge < -0.3 is 20.6 Å². The van der Waals surface area contributed by atoms with E-state index >= 15 is 0 Å². The Hall–Kier alpha value is -2.40. The largest absolute Gasteiger partial charge is 0.508 e. The summed E-state index contributed by atoms with van der Waals surface area (Å²) in [6.45, 7) is 0.274. The summed E-state index contributed by atoms with van der Waals surface area (Å²) >= 11 is 5.84. The number of hydrogen-bond donors (Lipinski definition) is 4. The van der Waals surface area contributed by atoms with Crippen molar-refractivity contribution in [1.82, 2.24) is 0 Å². The van der Waals surface area contributed by atoms with E-state index in [0.29, 0.717) is 16.3 Å². The second-order valence-electron chi connectivity index (χ2n) is 4.16. The van der Waals surface area contributed by atoms with Crippen LogP contribution in [0.15, 0.2) is 36.4 Å². The number of anilines is 1. The minimum atomic E-state index is -1.21. The lowest BCUT2D eigenvalue weighted by Crippen LogP contribution is -2.02. The van der Waals surface area contributed by atoms with Crippen LogP contribution in [0.3, 0.4) is 0 Å². The van der Waals surface area contributed by atoms with Crippen molar-refractivity contribution < 1.29 is 20.1 Å². The van der Waals surface area contributed by atoms with Gasteiger partial charge in [-0.1, -0.05) is 11.6 Å². The zero-order valence-corrected chi connectivity index (χ0v) is 11.1. The summed E-state index contributed by atoms with van der Waals surface area (Å²) in [6, 6.07) is 8.83. The summed E-state index contributed by atoms with van der Waals surface area (Å²) in [5.74, 6) is -1.41. The van der Waals surface area contributed by atoms with E-state index in [9.17, 15) is 15.0 Å². The average Bonchev–Trinajstić information content (AvgIpc) is 2.41. The smallest absolute Gasteiger partial charge is 0.339 e. The molecular weight excluding hydrogens is 282 g/mol. The highest BCUT2D eigenvalue weighted by molar-refractivity contribution is 6.30. The highest BCUT2D eigenvalue weighted by Gasteiger charge is 2.10. The molecule has 0 aliphatic carbocycles. The Balaban J connectivity index is 2.17. The Morgan fingerprint density at radius 1 is 1.10 bits per heavy atom. The van der Waals surface area contributed by atoms with Gasteiger partial charge in [0.15, 0.2) is 0 Å². The number of hydrogen-bond acceptors (Lipinski definition) is 4. The summed E-state index contributed by atoms with van der Waals surface area (Å²) in [5.41, 5.74) is 0.910. The van der Waals surface area contributed by atoms with Crippen LogP contribution >= 0.6 is 11.6 Å². The van der Waals surface area contributed by atoms with Crippen molar-refractivity contribution in [2.45, 2.75) is 6.54 Å². The van der Waals surface area contributed by atoms with Gasteiger partial charge in [0, 0.05) is 22.8 Å². The van der Waals surface area contributed by atoms with Crippen molar-refractivity contribution in [2.24, 2.45) is 0 Å². The number of nitrogens with one attached hydrogen (secondary N) is 1. The summed E-state index contributed by atoms with van der Waals surface area (Å²) in [7, 11) is 0. The van der Waals surface area contributed by atoms with Gasteiger partial charge in [-0.25, -0.2) is 4.79 Å². The number of carbonyl (C=O) groups is 1. The van der Waals surface area contributed by atoms with E-state index in [4.69, 9.17) is 16.7 Å². The number of benzene rings is 2. The van der Waals surface area contributed by atoms with Gasteiger partial charge in [0.2, 0.25) is 0 Å². The first-order valence-electron chi connectivity index (χ1n) is 5.75. The predicted octanol–water partition coefficient (Wildman–Crippen LogP) is 3.06. The van der Waals surface area contributed by atoms with Gasteiger partial charge in [0.05, 0.1) is 0 Å². The van der Waals surface area contributed by atoms with E-state index in [1.807, 2.05) is 0 Å². The van der Waals surface area contributed by atoms with Gasteiger partial charge in [-0.05, 0) is 36.4 Å². The fourth-order valence-corrected chi connectivity index (χ4v) is 1.90. The molecule has 0 fully saturated rings. The third-order valence-electron chi connectivity index (χ3n) is 2.75. The second-order valence-corrected chi connectivity index (χ2v) is 4.60. The number of rotatable bonds is 4. The molecule has 0 aromatic heterocycles. The van der Waals surface area contributed by atoms with Gasteiger partial charge >= 0.3 is 5.97 Å². The molecule has 2 rings (SSSR count). The number of phenolic OH excluding ortho intramolecular Hbond substituents is 1. The molecular formula is C14H12ClNO4. The molecule has 0 unspecified atom stereocenters. The lowest BCUT2D eigenvalue weighted by Gasteiger charge is -2.10. The van der Waals surface area contributed by atoms with Gasteiger partial charge in [0.1, 0.15) is 17.1 Å². The van der Waals surface area contributed by atoms with E-state index in [0.717, 1.165) is 0 Å². The van der Waals surface area contributed by atoms with E-state index in [-0.39, 0.29) is 23.6 Å². The highest BCUT2D eigenvalue weighted by atomic mass is 35.5. The Bertz CT molecular complexity index is 658. The molecule has 0 atom stereocenters. The highest BCUT2D eigenvalue weighted by Crippen LogP contribution is 2.25. The Kier molecular flexibility index (Phi) is 4.00. The first-order valence-corrected chi connectivity index (χ1v) is 6.13. The Morgan fingerprint density at radius 3 is 2.50 bits per heavy atom. The van der Waals surface area contributed by atoms with Crippen LogP contribution in [0.4, 0.5) is 5.69 Å². The van der Waals surface area contributed by atoms with Gasteiger partial charge in [0.25, 0.3) is 0 Å². The molecule has 0 saturated carbocycles. The van der Waals surface area contributed by atoms with E-state index in [1.54, 1.807) is 18.2 Å². The average molecular weight is 294 g/mol. The molecule has 0 radical (unpaired) electrons. The molecule has 104 valence electrons. The normalized spacial score (nSPS) is 10.2. The number of halogens is 1.